The number of aliphatic hydroxyl groups excluding tert-OH is 3. The Balaban J connectivity index is 1.83. The van der Waals surface area contributed by atoms with Crippen molar-refractivity contribution in [2.24, 2.45) is 0 Å². The second kappa shape index (κ2) is 4.70. The Bertz CT molecular complexity index is 576. The highest BCUT2D eigenvalue weighted by Gasteiger charge is 2.39. The summed E-state index contributed by atoms with van der Waals surface area (Å²) in [6, 6.07) is 0. The number of hydrogen-bond donors (Lipinski definition) is 4. The smallest absolute Gasteiger partial charge is 0.245 e. The summed E-state index contributed by atoms with van der Waals surface area (Å²) in [5, 5.41) is 28.7. The van der Waals surface area contributed by atoms with Crippen LogP contribution in [-0.2, 0) is 4.74 Å². The van der Waals surface area contributed by atoms with E-state index in [2.05, 4.69) is 19.9 Å². The number of hydrogen-bond acceptors (Lipinski definition) is 8. The summed E-state index contributed by atoms with van der Waals surface area (Å²) in [5.41, 5.74) is 0.870. The van der Waals surface area contributed by atoms with Crippen LogP contribution in [0.1, 0.15) is 0 Å². The normalized spacial score (nSPS) is 31.5. The van der Waals surface area contributed by atoms with Gasteiger partial charge in [0.25, 0.3) is 0 Å². The lowest BCUT2D eigenvalue weighted by molar-refractivity contribution is -0.242. The lowest BCUT2D eigenvalue weighted by atomic mass is 10.1. The maximum Gasteiger partial charge on any atom is 0.245 e. The number of imidazole rings is 1. The van der Waals surface area contributed by atoms with Crippen LogP contribution in [0, 0.1) is 0 Å². The molecule has 1 aliphatic heterocycles. The number of aromatic nitrogens is 4. The lowest BCUT2D eigenvalue weighted by Crippen LogP contribution is -2.54. The van der Waals surface area contributed by atoms with Crippen LogP contribution in [0.25, 0.3) is 11.2 Å². The topological polar surface area (TPSA) is 134 Å². The van der Waals surface area contributed by atoms with Crippen LogP contribution in [0.2, 0.25) is 0 Å². The van der Waals surface area contributed by atoms with Crippen molar-refractivity contribution in [2.75, 3.05) is 6.61 Å². The molecule has 0 aliphatic carbocycles. The zero-order chi connectivity index (χ0) is 13.4. The highest BCUT2D eigenvalue weighted by molar-refractivity contribution is 5.74. The van der Waals surface area contributed by atoms with E-state index in [-0.39, 0.29) is 12.5 Å². The van der Waals surface area contributed by atoms with Gasteiger partial charge in [-0.15, -0.1) is 0 Å². The molecule has 9 heteroatoms. The first kappa shape index (κ1) is 12.2. The molecule has 1 aliphatic rings. The highest BCUT2D eigenvalue weighted by atomic mass is 16.7. The molecule has 0 saturated carbocycles. The molecule has 0 radical (unpaired) electrons. The molecule has 0 aromatic carbocycles. The van der Waals surface area contributed by atoms with E-state index < -0.39 is 24.6 Å². The van der Waals surface area contributed by atoms with Crippen molar-refractivity contribution >= 4 is 11.2 Å². The van der Waals surface area contributed by atoms with Crippen LogP contribution < -0.4 is 4.74 Å². The second-order valence-electron chi connectivity index (χ2n) is 4.15. The molecule has 0 spiro atoms. The van der Waals surface area contributed by atoms with Gasteiger partial charge in [-0.25, -0.2) is 9.97 Å². The van der Waals surface area contributed by atoms with Gasteiger partial charge in [0.1, 0.15) is 30.2 Å². The van der Waals surface area contributed by atoms with Crippen molar-refractivity contribution in [1.29, 1.82) is 0 Å². The van der Waals surface area contributed by atoms with Gasteiger partial charge in [-0.3, -0.25) is 0 Å². The molecule has 1 unspecified atom stereocenters. The maximum absolute atomic E-state index is 9.76. The van der Waals surface area contributed by atoms with Gasteiger partial charge in [-0.1, -0.05) is 0 Å². The van der Waals surface area contributed by atoms with Gasteiger partial charge in [0.15, 0.2) is 5.65 Å². The molecule has 2 aromatic heterocycles. The van der Waals surface area contributed by atoms with E-state index in [0.717, 1.165) is 0 Å². The molecule has 1 saturated heterocycles. The van der Waals surface area contributed by atoms with E-state index in [9.17, 15) is 15.3 Å². The van der Waals surface area contributed by atoms with Gasteiger partial charge < -0.3 is 29.8 Å². The fraction of sp³-hybridized carbons (Fsp3) is 0.500. The molecule has 3 heterocycles. The first-order valence-corrected chi connectivity index (χ1v) is 5.63. The van der Waals surface area contributed by atoms with Crippen LogP contribution in [0.5, 0.6) is 5.88 Å². The number of ether oxygens (including phenoxy) is 2. The Hall–Kier alpha value is -1.81. The number of fused-ring (bicyclic) bond motifs is 1. The van der Waals surface area contributed by atoms with Gasteiger partial charge in [0, 0.05) is 0 Å². The number of rotatable bonds is 2. The van der Waals surface area contributed by atoms with Crippen molar-refractivity contribution in [1.82, 2.24) is 19.9 Å². The largest absolute Gasteiger partial charge is 0.443 e. The zero-order valence-electron chi connectivity index (χ0n) is 9.67. The van der Waals surface area contributed by atoms with Crippen molar-refractivity contribution in [3.8, 4) is 5.88 Å². The van der Waals surface area contributed by atoms with Gasteiger partial charge in [-0.2, -0.15) is 4.98 Å². The van der Waals surface area contributed by atoms with E-state index in [1.54, 1.807) is 0 Å². The summed E-state index contributed by atoms with van der Waals surface area (Å²) in [4.78, 5) is 14.6. The molecule has 4 atom stereocenters. The third-order valence-electron chi connectivity index (χ3n) is 2.87. The number of nitrogens with one attached hydrogen (secondary N) is 1. The highest BCUT2D eigenvalue weighted by Crippen LogP contribution is 2.23. The molecular weight excluding hydrogens is 256 g/mol. The second-order valence-corrected chi connectivity index (χ2v) is 4.15. The summed E-state index contributed by atoms with van der Waals surface area (Å²) in [6.45, 7) is -0.139. The Labute approximate surface area is 106 Å². The first-order valence-electron chi connectivity index (χ1n) is 5.63. The average molecular weight is 268 g/mol. The molecule has 3 rings (SSSR count). The SMILES string of the molecule is O[C@@H]1[C@H](O)COC(Oc2ncnc3nc[nH]c23)[C@H]1O. The molecule has 19 heavy (non-hydrogen) atoms. The minimum atomic E-state index is -1.38. The van der Waals surface area contributed by atoms with Crippen molar-refractivity contribution in [3.05, 3.63) is 12.7 Å². The molecule has 2 aromatic rings. The minimum Gasteiger partial charge on any atom is -0.443 e. The van der Waals surface area contributed by atoms with E-state index >= 15 is 0 Å². The third-order valence-corrected chi connectivity index (χ3v) is 2.87. The van der Waals surface area contributed by atoms with Crippen LogP contribution in [0.3, 0.4) is 0 Å². The number of aromatic amines is 1. The number of nitrogens with zero attached hydrogens (tertiary/aromatic N) is 3. The third kappa shape index (κ3) is 2.12. The average Bonchev–Trinajstić information content (AvgIpc) is 2.89. The molecule has 4 N–H and O–H groups in total. The van der Waals surface area contributed by atoms with Crippen molar-refractivity contribution < 1.29 is 24.8 Å². The van der Waals surface area contributed by atoms with Crippen LogP contribution in [0.4, 0.5) is 0 Å². The van der Waals surface area contributed by atoms with E-state index in [0.29, 0.717) is 11.2 Å². The molecule has 9 nitrogen and oxygen atoms in total. The van der Waals surface area contributed by atoms with Gasteiger partial charge in [-0.05, 0) is 0 Å². The monoisotopic (exact) mass is 268 g/mol. The molecule has 0 bridgehead atoms. The Morgan fingerprint density at radius 3 is 2.89 bits per heavy atom. The molecule has 1 fully saturated rings. The molecule has 0 amide bonds. The van der Waals surface area contributed by atoms with E-state index in [1.165, 1.54) is 12.7 Å². The van der Waals surface area contributed by atoms with E-state index in [4.69, 9.17) is 9.47 Å². The summed E-state index contributed by atoms with van der Waals surface area (Å²) < 4.78 is 10.5. The number of aliphatic hydroxyl groups is 3. The fourth-order valence-electron chi connectivity index (χ4n) is 1.83. The van der Waals surface area contributed by atoms with Gasteiger partial charge in [0.2, 0.25) is 12.2 Å². The lowest BCUT2D eigenvalue weighted by Gasteiger charge is -2.34. The van der Waals surface area contributed by atoms with Crippen LogP contribution >= 0.6 is 0 Å². The van der Waals surface area contributed by atoms with Gasteiger partial charge in [0.05, 0.1) is 12.9 Å². The Morgan fingerprint density at radius 1 is 1.21 bits per heavy atom. The minimum absolute atomic E-state index is 0.139. The quantitative estimate of drug-likeness (QED) is 0.500. The van der Waals surface area contributed by atoms with Crippen LogP contribution in [-0.4, -0.2) is 66.5 Å². The maximum atomic E-state index is 9.76. The van der Waals surface area contributed by atoms with Crippen molar-refractivity contribution in [2.45, 2.75) is 24.6 Å². The summed E-state index contributed by atoms with van der Waals surface area (Å²) in [6.07, 6.45) is -2.29. The summed E-state index contributed by atoms with van der Waals surface area (Å²) in [5.74, 6) is 0.148. The van der Waals surface area contributed by atoms with Crippen molar-refractivity contribution in [3.63, 3.8) is 0 Å². The molecular formula is C10H12N4O5. The zero-order valence-corrected chi connectivity index (χ0v) is 9.67. The van der Waals surface area contributed by atoms with E-state index in [1.807, 2.05) is 0 Å². The predicted octanol–water partition coefficient (Wildman–Crippen LogP) is -1.83. The summed E-state index contributed by atoms with van der Waals surface area (Å²) in [7, 11) is 0. The molecule has 102 valence electrons. The number of H-pyrrole nitrogens is 1. The Kier molecular flexibility index (Phi) is 3.03. The first-order chi connectivity index (χ1) is 9.16. The predicted molar refractivity (Wildman–Crippen MR) is 60.1 cm³/mol. The van der Waals surface area contributed by atoms with Gasteiger partial charge >= 0.3 is 0 Å². The fourth-order valence-corrected chi connectivity index (χ4v) is 1.83. The standard InChI is InChI=1S/C10H12N4O5/c15-4-1-18-10(7(17)6(4)16)19-9-5-8(12-2-11-5)13-3-14-9/h2-4,6-7,10,15-17H,1H2,(H,11,12,13,14)/t4-,6-,7+,10?/m1/s1. The van der Waals surface area contributed by atoms with Crippen LogP contribution in [0.15, 0.2) is 12.7 Å². The summed E-state index contributed by atoms with van der Waals surface area (Å²) >= 11 is 0. The Morgan fingerprint density at radius 2 is 2.05 bits per heavy atom.